The third-order valence-electron chi connectivity index (χ3n) is 4.03. The standard InChI is InChI=1S/C17H22F3N3O4/c1-16(2,3)27-15(24)22-9-7-11(8-10-22)21-13-6-4-5-12(17(18,19)20)14(13)23(25)26/h4-6,11,21H,7-10H2,1-3H3. The smallest absolute Gasteiger partial charge is 0.423 e. The summed E-state index contributed by atoms with van der Waals surface area (Å²) in [6.45, 7) is 5.96. The van der Waals surface area contributed by atoms with Crippen LogP contribution in [0.2, 0.25) is 0 Å². The maximum atomic E-state index is 13.1. The van der Waals surface area contributed by atoms with Gasteiger partial charge in [-0.3, -0.25) is 10.1 Å². The third-order valence-corrected chi connectivity index (χ3v) is 4.03. The molecule has 10 heteroatoms. The second-order valence-corrected chi connectivity index (χ2v) is 7.34. The van der Waals surface area contributed by atoms with Gasteiger partial charge in [-0.05, 0) is 45.7 Å². The average Bonchev–Trinajstić information content (AvgIpc) is 2.52. The topological polar surface area (TPSA) is 84.7 Å². The highest BCUT2D eigenvalue weighted by atomic mass is 19.4. The van der Waals surface area contributed by atoms with E-state index in [-0.39, 0.29) is 11.7 Å². The number of nitrogens with zero attached hydrogens (tertiary/aromatic N) is 2. The van der Waals surface area contributed by atoms with E-state index in [4.69, 9.17) is 4.74 Å². The van der Waals surface area contributed by atoms with Crippen LogP contribution in [0.1, 0.15) is 39.2 Å². The molecule has 1 aromatic rings. The van der Waals surface area contributed by atoms with Gasteiger partial charge in [0.25, 0.3) is 0 Å². The molecule has 1 amide bonds. The van der Waals surface area contributed by atoms with Gasteiger partial charge in [-0.1, -0.05) is 6.07 Å². The van der Waals surface area contributed by atoms with Crippen molar-refractivity contribution in [2.24, 2.45) is 0 Å². The molecular weight excluding hydrogens is 367 g/mol. The first-order valence-electron chi connectivity index (χ1n) is 8.47. The Balaban J connectivity index is 2.08. The maximum absolute atomic E-state index is 13.1. The zero-order valence-corrected chi connectivity index (χ0v) is 15.3. The number of alkyl halides is 3. The Bertz CT molecular complexity index is 708. The van der Waals surface area contributed by atoms with Gasteiger partial charge in [0.15, 0.2) is 0 Å². The second-order valence-electron chi connectivity index (χ2n) is 7.34. The molecule has 1 N–H and O–H groups in total. The fourth-order valence-electron chi connectivity index (χ4n) is 2.84. The molecule has 0 unspecified atom stereocenters. The summed E-state index contributed by atoms with van der Waals surface area (Å²) in [4.78, 5) is 23.7. The number of nitrogens with one attached hydrogen (secondary N) is 1. The number of hydrogen-bond acceptors (Lipinski definition) is 5. The molecule has 2 rings (SSSR count). The van der Waals surface area contributed by atoms with E-state index in [2.05, 4.69) is 5.32 Å². The van der Waals surface area contributed by atoms with Crippen LogP contribution < -0.4 is 5.32 Å². The van der Waals surface area contributed by atoms with Crippen molar-refractivity contribution in [2.75, 3.05) is 18.4 Å². The van der Waals surface area contributed by atoms with Crippen LogP contribution in [0.5, 0.6) is 0 Å². The Hall–Kier alpha value is -2.52. The summed E-state index contributed by atoms with van der Waals surface area (Å²) >= 11 is 0. The first-order chi connectivity index (χ1) is 12.4. The first-order valence-corrected chi connectivity index (χ1v) is 8.47. The molecule has 0 saturated carbocycles. The summed E-state index contributed by atoms with van der Waals surface area (Å²) in [7, 11) is 0. The van der Waals surface area contributed by atoms with E-state index in [1.807, 2.05) is 0 Å². The Morgan fingerprint density at radius 3 is 2.33 bits per heavy atom. The Morgan fingerprint density at radius 2 is 1.85 bits per heavy atom. The highest BCUT2D eigenvalue weighted by Crippen LogP contribution is 2.40. The fraction of sp³-hybridized carbons (Fsp3) is 0.588. The SMILES string of the molecule is CC(C)(C)OC(=O)N1CCC(Nc2cccc(C(F)(F)F)c2[N+](=O)[O-])CC1. The van der Waals surface area contributed by atoms with Crippen molar-refractivity contribution < 1.29 is 27.6 Å². The fourth-order valence-corrected chi connectivity index (χ4v) is 2.84. The van der Waals surface area contributed by atoms with Crippen LogP contribution in [0.4, 0.5) is 29.3 Å². The van der Waals surface area contributed by atoms with Crippen molar-refractivity contribution in [2.45, 2.75) is 51.4 Å². The van der Waals surface area contributed by atoms with Crippen molar-refractivity contribution in [3.8, 4) is 0 Å². The lowest BCUT2D eigenvalue weighted by atomic mass is 10.0. The predicted octanol–water partition coefficient (Wildman–Crippen LogP) is 4.43. The minimum Gasteiger partial charge on any atom is -0.444 e. The number of halogens is 3. The largest absolute Gasteiger partial charge is 0.444 e. The van der Waals surface area contributed by atoms with Gasteiger partial charge in [0, 0.05) is 19.1 Å². The molecule has 1 aromatic carbocycles. The molecule has 1 fully saturated rings. The molecule has 0 aromatic heterocycles. The van der Waals surface area contributed by atoms with E-state index in [0.717, 1.165) is 6.07 Å². The lowest BCUT2D eigenvalue weighted by Crippen LogP contribution is -2.44. The van der Waals surface area contributed by atoms with Crippen LogP contribution in [0.3, 0.4) is 0 Å². The van der Waals surface area contributed by atoms with Crippen LogP contribution in [-0.4, -0.2) is 40.6 Å². The Labute approximate surface area is 154 Å². The van der Waals surface area contributed by atoms with Crippen LogP contribution in [0.15, 0.2) is 18.2 Å². The molecule has 1 aliphatic rings. The minimum absolute atomic E-state index is 0.175. The van der Waals surface area contributed by atoms with Gasteiger partial charge in [0.2, 0.25) is 0 Å². The number of likely N-dealkylation sites (tertiary alicyclic amines) is 1. The van der Waals surface area contributed by atoms with Gasteiger partial charge in [-0.15, -0.1) is 0 Å². The molecule has 0 radical (unpaired) electrons. The highest BCUT2D eigenvalue weighted by Gasteiger charge is 2.40. The number of rotatable bonds is 3. The van der Waals surface area contributed by atoms with E-state index in [1.54, 1.807) is 20.8 Å². The van der Waals surface area contributed by atoms with Gasteiger partial charge in [-0.2, -0.15) is 13.2 Å². The molecule has 150 valence electrons. The lowest BCUT2D eigenvalue weighted by Gasteiger charge is -2.34. The molecule has 27 heavy (non-hydrogen) atoms. The number of nitro benzene ring substituents is 1. The number of benzene rings is 1. The van der Waals surface area contributed by atoms with Crippen LogP contribution in [0, 0.1) is 10.1 Å². The van der Waals surface area contributed by atoms with E-state index in [0.29, 0.717) is 32.0 Å². The third kappa shape index (κ3) is 5.48. The summed E-state index contributed by atoms with van der Waals surface area (Å²) in [5.74, 6) is 0. The predicted molar refractivity (Wildman–Crippen MR) is 92.6 cm³/mol. The summed E-state index contributed by atoms with van der Waals surface area (Å²) in [6.07, 6.45) is -4.40. The number of nitro groups is 1. The average molecular weight is 389 g/mol. The van der Waals surface area contributed by atoms with E-state index < -0.39 is 34.0 Å². The number of amides is 1. The van der Waals surface area contributed by atoms with Crippen LogP contribution >= 0.6 is 0 Å². The number of carbonyl (C=O) groups is 1. The number of piperidine rings is 1. The van der Waals surface area contributed by atoms with Gasteiger partial charge >= 0.3 is 18.0 Å². The zero-order chi connectivity index (χ0) is 20.4. The van der Waals surface area contributed by atoms with Crippen LogP contribution in [-0.2, 0) is 10.9 Å². The number of carbonyl (C=O) groups excluding carboxylic acids is 1. The number of hydrogen-bond donors (Lipinski definition) is 1. The highest BCUT2D eigenvalue weighted by molar-refractivity contribution is 5.69. The molecule has 1 aliphatic heterocycles. The van der Waals surface area contributed by atoms with E-state index in [9.17, 15) is 28.1 Å². The van der Waals surface area contributed by atoms with Crippen molar-refractivity contribution in [3.63, 3.8) is 0 Å². The molecular formula is C17H22F3N3O4. The second kappa shape index (κ2) is 7.61. The number of para-hydroxylation sites is 1. The van der Waals surface area contributed by atoms with Gasteiger partial charge in [0.05, 0.1) is 4.92 Å². The molecule has 1 heterocycles. The molecule has 0 aliphatic carbocycles. The summed E-state index contributed by atoms with van der Waals surface area (Å²) in [6, 6.07) is 2.79. The van der Waals surface area contributed by atoms with Gasteiger partial charge in [0.1, 0.15) is 16.9 Å². The maximum Gasteiger partial charge on any atom is 0.423 e. The molecule has 0 bridgehead atoms. The lowest BCUT2D eigenvalue weighted by molar-refractivity contribution is -0.387. The van der Waals surface area contributed by atoms with Gasteiger partial charge < -0.3 is 15.0 Å². The number of anilines is 1. The van der Waals surface area contributed by atoms with Crippen molar-refractivity contribution in [3.05, 3.63) is 33.9 Å². The molecule has 7 nitrogen and oxygen atoms in total. The van der Waals surface area contributed by atoms with Crippen molar-refractivity contribution in [1.29, 1.82) is 0 Å². The summed E-state index contributed by atoms with van der Waals surface area (Å²) < 4.78 is 44.4. The van der Waals surface area contributed by atoms with E-state index in [1.165, 1.54) is 11.0 Å². The summed E-state index contributed by atoms with van der Waals surface area (Å²) in [5, 5.41) is 14.0. The normalized spacial score (nSPS) is 16.1. The first kappa shape index (κ1) is 20.8. The van der Waals surface area contributed by atoms with Crippen LogP contribution in [0.25, 0.3) is 0 Å². The minimum atomic E-state index is -4.82. The Morgan fingerprint density at radius 1 is 1.26 bits per heavy atom. The monoisotopic (exact) mass is 389 g/mol. The summed E-state index contributed by atoms with van der Waals surface area (Å²) in [5.41, 5.74) is -3.07. The molecule has 1 saturated heterocycles. The Kier molecular flexibility index (Phi) is 5.86. The van der Waals surface area contributed by atoms with Gasteiger partial charge in [-0.25, -0.2) is 4.79 Å². The number of ether oxygens (including phenoxy) is 1. The van der Waals surface area contributed by atoms with Crippen molar-refractivity contribution in [1.82, 2.24) is 4.90 Å². The zero-order valence-electron chi connectivity index (χ0n) is 15.3. The van der Waals surface area contributed by atoms with E-state index >= 15 is 0 Å². The van der Waals surface area contributed by atoms with Crippen molar-refractivity contribution >= 4 is 17.5 Å². The quantitative estimate of drug-likeness (QED) is 0.611. The molecule has 0 atom stereocenters. The molecule has 0 spiro atoms.